The van der Waals surface area contributed by atoms with E-state index in [0.717, 1.165) is 25.2 Å². The molecule has 1 aliphatic rings. The van der Waals surface area contributed by atoms with E-state index in [1.807, 2.05) is 14.0 Å². The zero-order valence-corrected chi connectivity index (χ0v) is 12.4. The van der Waals surface area contributed by atoms with Gasteiger partial charge in [0, 0.05) is 0 Å². The number of ether oxygens (including phenoxy) is 1. The van der Waals surface area contributed by atoms with Crippen molar-refractivity contribution in [1.29, 1.82) is 0 Å². The third-order valence-corrected chi connectivity index (χ3v) is 3.87. The Hall–Kier alpha value is -0.570. The summed E-state index contributed by atoms with van der Waals surface area (Å²) < 4.78 is 5.51. The maximum Gasteiger partial charge on any atom is 0.323 e. The number of rotatable bonds is 4. The molecule has 0 aromatic carbocycles. The van der Waals surface area contributed by atoms with E-state index in [9.17, 15) is 4.79 Å². The zero-order valence-electron chi connectivity index (χ0n) is 12.4. The number of likely N-dealkylation sites (N-methyl/N-ethyl adjacent to an activating group) is 1. The van der Waals surface area contributed by atoms with Crippen molar-refractivity contribution in [3.63, 3.8) is 0 Å². The van der Waals surface area contributed by atoms with Crippen LogP contribution in [0.2, 0.25) is 0 Å². The third kappa shape index (κ3) is 5.38. The van der Waals surface area contributed by atoms with E-state index >= 15 is 0 Å². The maximum absolute atomic E-state index is 11.8. The predicted octanol–water partition coefficient (Wildman–Crippen LogP) is 3.13. The minimum atomic E-state index is -0.115. The summed E-state index contributed by atoms with van der Waals surface area (Å²) in [5, 5.41) is 3.06. The Labute approximate surface area is 112 Å². The van der Waals surface area contributed by atoms with Crippen molar-refractivity contribution in [2.45, 2.75) is 71.4 Å². The molecule has 1 N–H and O–H groups in total. The van der Waals surface area contributed by atoms with E-state index in [-0.39, 0.29) is 18.1 Å². The summed E-state index contributed by atoms with van der Waals surface area (Å²) in [7, 11) is 1.84. The van der Waals surface area contributed by atoms with E-state index in [0.29, 0.717) is 5.92 Å². The van der Waals surface area contributed by atoms with Gasteiger partial charge >= 0.3 is 5.97 Å². The molecule has 1 fully saturated rings. The van der Waals surface area contributed by atoms with Crippen molar-refractivity contribution in [1.82, 2.24) is 5.32 Å². The molecule has 0 bridgehead atoms. The van der Waals surface area contributed by atoms with Gasteiger partial charge in [-0.2, -0.15) is 0 Å². The van der Waals surface area contributed by atoms with Crippen molar-refractivity contribution in [3.8, 4) is 0 Å². The molecule has 3 nitrogen and oxygen atoms in total. The van der Waals surface area contributed by atoms with E-state index < -0.39 is 0 Å². The Kier molecular flexibility index (Phi) is 6.69. The summed E-state index contributed by atoms with van der Waals surface area (Å²) in [6, 6.07) is -0.115. The zero-order chi connectivity index (χ0) is 13.5. The summed E-state index contributed by atoms with van der Waals surface area (Å²) in [6.07, 6.45) is 6.88. The van der Waals surface area contributed by atoms with Gasteiger partial charge in [0.05, 0.1) is 6.10 Å². The van der Waals surface area contributed by atoms with E-state index in [2.05, 4.69) is 19.2 Å². The van der Waals surface area contributed by atoms with Gasteiger partial charge in [-0.25, -0.2) is 0 Å². The average molecular weight is 255 g/mol. The van der Waals surface area contributed by atoms with E-state index in [4.69, 9.17) is 4.74 Å². The normalized spacial score (nSPS) is 30.5. The van der Waals surface area contributed by atoms with Crippen molar-refractivity contribution in [2.75, 3.05) is 7.05 Å². The van der Waals surface area contributed by atoms with Crippen LogP contribution >= 0.6 is 0 Å². The lowest BCUT2D eigenvalue weighted by Crippen LogP contribution is -2.36. The van der Waals surface area contributed by atoms with Gasteiger partial charge in [-0.15, -0.1) is 0 Å². The van der Waals surface area contributed by atoms with Gasteiger partial charge in [0.15, 0.2) is 0 Å². The second kappa shape index (κ2) is 7.78. The highest BCUT2D eigenvalue weighted by atomic mass is 16.5. The number of hydrogen-bond acceptors (Lipinski definition) is 3. The fourth-order valence-corrected chi connectivity index (χ4v) is 2.74. The molecule has 1 saturated heterocycles. The first-order valence-electron chi connectivity index (χ1n) is 7.40. The first-order valence-corrected chi connectivity index (χ1v) is 7.40. The number of carbonyl (C=O) groups is 1. The Balaban J connectivity index is 2.52. The van der Waals surface area contributed by atoms with Gasteiger partial charge in [0.1, 0.15) is 6.04 Å². The van der Waals surface area contributed by atoms with Crippen molar-refractivity contribution in [2.24, 2.45) is 11.8 Å². The number of nitrogens with one attached hydrogen (secondary N) is 1. The number of carbonyl (C=O) groups excluding carboxylic acids is 1. The molecule has 0 saturated carbocycles. The fraction of sp³-hybridized carbons (Fsp3) is 0.933. The highest BCUT2D eigenvalue weighted by molar-refractivity contribution is 5.75. The van der Waals surface area contributed by atoms with Gasteiger partial charge in [0.2, 0.25) is 0 Å². The first kappa shape index (κ1) is 15.5. The number of hydrogen-bond donors (Lipinski definition) is 1. The monoisotopic (exact) mass is 255 g/mol. The van der Waals surface area contributed by atoms with Crippen LogP contribution < -0.4 is 5.32 Å². The van der Waals surface area contributed by atoms with Crippen LogP contribution in [0.1, 0.15) is 59.3 Å². The van der Waals surface area contributed by atoms with Crippen LogP contribution in [0, 0.1) is 11.8 Å². The molecule has 2 unspecified atom stereocenters. The van der Waals surface area contributed by atoms with Gasteiger partial charge in [0.25, 0.3) is 0 Å². The largest absolute Gasteiger partial charge is 0.462 e. The Morgan fingerprint density at radius 3 is 2.72 bits per heavy atom. The van der Waals surface area contributed by atoms with Crippen LogP contribution in [0.15, 0.2) is 0 Å². The Bertz CT molecular complexity index is 253. The standard InChI is InChI=1S/C15H29NO2/c1-11(2)8-9-13-6-5-7-14(16-4)15(17)18-12(3)10-13/h11-14,16H,5-10H2,1-4H3/t12?,13?,14-/m0/s1. The maximum atomic E-state index is 11.8. The highest BCUT2D eigenvalue weighted by Crippen LogP contribution is 2.26. The molecule has 0 amide bonds. The SMILES string of the molecule is CN[C@H]1CCCC(CCC(C)C)CC(C)OC1=O. The lowest BCUT2D eigenvalue weighted by Gasteiger charge is -2.20. The van der Waals surface area contributed by atoms with Crippen LogP contribution in [0.4, 0.5) is 0 Å². The quantitative estimate of drug-likeness (QED) is 0.784. The van der Waals surface area contributed by atoms with Gasteiger partial charge < -0.3 is 10.1 Å². The third-order valence-electron chi connectivity index (χ3n) is 3.87. The summed E-state index contributed by atoms with van der Waals surface area (Å²) >= 11 is 0. The fourth-order valence-electron chi connectivity index (χ4n) is 2.74. The molecule has 1 rings (SSSR count). The van der Waals surface area contributed by atoms with E-state index in [1.54, 1.807) is 0 Å². The van der Waals surface area contributed by atoms with Crippen molar-refractivity contribution in [3.05, 3.63) is 0 Å². The highest BCUT2D eigenvalue weighted by Gasteiger charge is 2.25. The number of cyclic esters (lactones) is 1. The summed E-state index contributed by atoms with van der Waals surface area (Å²) in [6.45, 7) is 6.57. The van der Waals surface area contributed by atoms with Gasteiger partial charge in [-0.3, -0.25) is 4.79 Å². The predicted molar refractivity (Wildman–Crippen MR) is 74.4 cm³/mol. The van der Waals surface area contributed by atoms with Gasteiger partial charge in [-0.05, 0) is 38.6 Å². The second-order valence-corrected chi connectivity index (χ2v) is 6.09. The van der Waals surface area contributed by atoms with E-state index in [1.165, 1.54) is 19.3 Å². The summed E-state index contributed by atoms with van der Waals surface area (Å²) in [4.78, 5) is 11.8. The summed E-state index contributed by atoms with van der Waals surface area (Å²) in [5.74, 6) is 1.40. The smallest absolute Gasteiger partial charge is 0.323 e. The van der Waals surface area contributed by atoms with Crippen LogP contribution in [0.3, 0.4) is 0 Å². The second-order valence-electron chi connectivity index (χ2n) is 6.09. The molecule has 3 atom stereocenters. The first-order chi connectivity index (χ1) is 8.52. The molecule has 1 aliphatic heterocycles. The van der Waals surface area contributed by atoms with Crippen LogP contribution in [0.5, 0.6) is 0 Å². The molecule has 1 heterocycles. The molecule has 0 spiro atoms. The van der Waals surface area contributed by atoms with Crippen LogP contribution in [0.25, 0.3) is 0 Å². The van der Waals surface area contributed by atoms with Crippen molar-refractivity contribution < 1.29 is 9.53 Å². The molecule has 18 heavy (non-hydrogen) atoms. The topological polar surface area (TPSA) is 38.3 Å². The molecule has 3 heteroatoms. The molecule has 0 aromatic heterocycles. The minimum absolute atomic E-state index is 0.0589. The molecular formula is C15H29NO2. The molecule has 0 aromatic rings. The average Bonchev–Trinajstić information content (AvgIpc) is 2.36. The van der Waals surface area contributed by atoms with Gasteiger partial charge in [-0.1, -0.05) is 39.5 Å². The van der Waals surface area contributed by atoms with Crippen molar-refractivity contribution >= 4 is 5.97 Å². The minimum Gasteiger partial charge on any atom is -0.462 e. The lowest BCUT2D eigenvalue weighted by molar-refractivity contribution is -0.151. The lowest BCUT2D eigenvalue weighted by atomic mass is 9.89. The van der Waals surface area contributed by atoms with Crippen LogP contribution in [-0.2, 0) is 9.53 Å². The molecule has 106 valence electrons. The number of esters is 1. The molecule has 0 radical (unpaired) electrons. The Morgan fingerprint density at radius 2 is 2.11 bits per heavy atom. The molecular weight excluding hydrogens is 226 g/mol. The van der Waals surface area contributed by atoms with Crippen LogP contribution in [-0.4, -0.2) is 25.2 Å². The molecule has 0 aliphatic carbocycles. The Morgan fingerprint density at radius 1 is 1.39 bits per heavy atom. The summed E-state index contributed by atoms with van der Waals surface area (Å²) in [5.41, 5.74) is 0.